The number of aryl methyl sites for hydroxylation is 1. The minimum absolute atomic E-state index is 0.198. The van der Waals surface area contributed by atoms with Gasteiger partial charge in [-0.15, -0.1) is 0 Å². The van der Waals surface area contributed by atoms with E-state index in [2.05, 4.69) is 10.6 Å². The molecule has 0 bridgehead atoms. The SMILES string of the molecule is O=C(NCc1ccc(F)cc1C(F)(F)F)NC1CCCc2occc21. The molecule has 1 atom stereocenters. The third-order valence-corrected chi connectivity index (χ3v) is 4.17. The second-order valence-corrected chi connectivity index (χ2v) is 5.87. The third kappa shape index (κ3) is 3.94. The molecule has 8 heteroatoms. The molecule has 3 rings (SSSR count). The molecule has 4 nitrogen and oxygen atoms in total. The number of hydrogen-bond donors (Lipinski definition) is 2. The summed E-state index contributed by atoms with van der Waals surface area (Å²) in [6.45, 7) is -0.355. The van der Waals surface area contributed by atoms with E-state index in [9.17, 15) is 22.4 Å². The van der Waals surface area contributed by atoms with Gasteiger partial charge in [-0.25, -0.2) is 9.18 Å². The van der Waals surface area contributed by atoms with Crippen LogP contribution in [-0.4, -0.2) is 6.03 Å². The molecule has 25 heavy (non-hydrogen) atoms. The summed E-state index contributed by atoms with van der Waals surface area (Å²) in [5.41, 5.74) is -0.404. The normalized spacial score (nSPS) is 17.0. The van der Waals surface area contributed by atoms with Crippen molar-refractivity contribution in [2.45, 2.75) is 38.0 Å². The van der Waals surface area contributed by atoms with Crippen molar-refractivity contribution < 1.29 is 26.8 Å². The van der Waals surface area contributed by atoms with Crippen molar-refractivity contribution in [2.24, 2.45) is 0 Å². The van der Waals surface area contributed by atoms with Crippen LogP contribution < -0.4 is 10.6 Å². The molecule has 1 unspecified atom stereocenters. The van der Waals surface area contributed by atoms with Crippen LogP contribution in [0.15, 0.2) is 34.9 Å². The van der Waals surface area contributed by atoms with Crippen LogP contribution in [0.2, 0.25) is 0 Å². The Morgan fingerprint density at radius 2 is 2.08 bits per heavy atom. The fourth-order valence-electron chi connectivity index (χ4n) is 2.99. The molecule has 0 spiro atoms. The maximum atomic E-state index is 13.1. The second kappa shape index (κ2) is 6.78. The molecule has 2 N–H and O–H groups in total. The summed E-state index contributed by atoms with van der Waals surface area (Å²) in [5.74, 6) is -0.162. The number of carbonyl (C=O) groups is 1. The summed E-state index contributed by atoms with van der Waals surface area (Å²) >= 11 is 0. The predicted molar refractivity (Wildman–Crippen MR) is 81.2 cm³/mol. The highest BCUT2D eigenvalue weighted by Crippen LogP contribution is 2.33. The minimum Gasteiger partial charge on any atom is -0.469 e. The molecule has 0 aliphatic heterocycles. The van der Waals surface area contributed by atoms with Gasteiger partial charge in [-0.1, -0.05) is 6.07 Å². The molecule has 2 amide bonds. The number of halogens is 4. The number of furan rings is 1. The summed E-state index contributed by atoms with van der Waals surface area (Å²) in [4.78, 5) is 12.0. The second-order valence-electron chi connectivity index (χ2n) is 5.87. The lowest BCUT2D eigenvalue weighted by Gasteiger charge is -2.23. The number of urea groups is 1. The number of benzene rings is 1. The smallest absolute Gasteiger partial charge is 0.416 e. The zero-order valence-corrected chi connectivity index (χ0v) is 13.1. The molecular formula is C17H16F4N2O2. The van der Waals surface area contributed by atoms with Gasteiger partial charge in [0.25, 0.3) is 0 Å². The van der Waals surface area contributed by atoms with Crippen LogP contribution in [0.3, 0.4) is 0 Å². The van der Waals surface area contributed by atoms with Crippen molar-refractivity contribution in [3.63, 3.8) is 0 Å². The third-order valence-electron chi connectivity index (χ3n) is 4.17. The van der Waals surface area contributed by atoms with Gasteiger partial charge in [0.2, 0.25) is 0 Å². The first kappa shape index (κ1) is 17.3. The van der Waals surface area contributed by atoms with E-state index in [1.165, 1.54) is 0 Å². The molecule has 1 aliphatic rings. The lowest BCUT2D eigenvalue weighted by Crippen LogP contribution is -2.38. The molecule has 1 aromatic heterocycles. The van der Waals surface area contributed by atoms with Gasteiger partial charge in [-0.05, 0) is 36.6 Å². The van der Waals surface area contributed by atoms with Gasteiger partial charge in [0, 0.05) is 18.5 Å². The zero-order chi connectivity index (χ0) is 18.0. The van der Waals surface area contributed by atoms with E-state index in [1.54, 1.807) is 12.3 Å². The number of rotatable bonds is 3. The summed E-state index contributed by atoms with van der Waals surface area (Å²) in [5, 5.41) is 5.13. The van der Waals surface area contributed by atoms with Gasteiger partial charge in [0.05, 0.1) is 17.9 Å². The number of fused-ring (bicyclic) bond motifs is 1. The van der Waals surface area contributed by atoms with Crippen molar-refractivity contribution in [1.82, 2.24) is 10.6 Å². The van der Waals surface area contributed by atoms with Crippen LogP contribution in [0.25, 0.3) is 0 Å². The fraction of sp³-hybridized carbons (Fsp3) is 0.353. The Hall–Kier alpha value is -2.51. The Labute approximate surface area is 141 Å². The lowest BCUT2D eigenvalue weighted by molar-refractivity contribution is -0.138. The van der Waals surface area contributed by atoms with Gasteiger partial charge in [-0.2, -0.15) is 13.2 Å². The number of hydrogen-bond acceptors (Lipinski definition) is 2. The zero-order valence-electron chi connectivity index (χ0n) is 13.1. The van der Waals surface area contributed by atoms with E-state index < -0.39 is 23.6 Å². The number of carbonyl (C=O) groups excluding carboxylic acids is 1. The van der Waals surface area contributed by atoms with Crippen LogP contribution in [0.5, 0.6) is 0 Å². The van der Waals surface area contributed by atoms with Crippen molar-refractivity contribution in [1.29, 1.82) is 0 Å². The molecule has 0 saturated heterocycles. The topological polar surface area (TPSA) is 54.3 Å². The van der Waals surface area contributed by atoms with E-state index in [4.69, 9.17) is 4.42 Å². The molecule has 0 fully saturated rings. The minimum atomic E-state index is -4.69. The Bertz CT molecular complexity index is 770. The molecule has 134 valence electrons. The van der Waals surface area contributed by atoms with Crippen molar-refractivity contribution in [3.8, 4) is 0 Å². The number of amides is 2. The highest BCUT2D eigenvalue weighted by Gasteiger charge is 2.33. The van der Waals surface area contributed by atoms with E-state index in [-0.39, 0.29) is 18.2 Å². The van der Waals surface area contributed by atoms with Gasteiger partial charge in [0.1, 0.15) is 11.6 Å². The van der Waals surface area contributed by atoms with E-state index in [1.807, 2.05) is 0 Å². The van der Waals surface area contributed by atoms with Crippen LogP contribution in [0.1, 0.15) is 41.3 Å². The van der Waals surface area contributed by atoms with Crippen LogP contribution in [0.4, 0.5) is 22.4 Å². The van der Waals surface area contributed by atoms with Crippen molar-refractivity contribution >= 4 is 6.03 Å². The monoisotopic (exact) mass is 356 g/mol. The quantitative estimate of drug-likeness (QED) is 0.805. The Morgan fingerprint density at radius 1 is 1.28 bits per heavy atom. The van der Waals surface area contributed by atoms with Crippen LogP contribution >= 0.6 is 0 Å². The fourth-order valence-corrected chi connectivity index (χ4v) is 2.99. The molecular weight excluding hydrogens is 340 g/mol. The summed E-state index contributed by atoms with van der Waals surface area (Å²) in [6, 6.07) is 3.33. The average molecular weight is 356 g/mol. The maximum absolute atomic E-state index is 13.1. The summed E-state index contributed by atoms with van der Waals surface area (Å²) < 4.78 is 57.3. The van der Waals surface area contributed by atoms with Gasteiger partial charge in [-0.3, -0.25) is 0 Å². The van der Waals surface area contributed by atoms with Crippen molar-refractivity contribution in [3.05, 3.63) is 58.8 Å². The molecule has 2 aromatic rings. The largest absolute Gasteiger partial charge is 0.469 e. The summed E-state index contributed by atoms with van der Waals surface area (Å²) in [6.07, 6.45) is -0.764. The number of nitrogens with one attached hydrogen (secondary N) is 2. The van der Waals surface area contributed by atoms with Crippen molar-refractivity contribution in [2.75, 3.05) is 0 Å². The Morgan fingerprint density at radius 3 is 2.84 bits per heavy atom. The molecule has 0 saturated carbocycles. The van der Waals surface area contributed by atoms with Gasteiger partial charge < -0.3 is 15.1 Å². The van der Waals surface area contributed by atoms with E-state index in [0.29, 0.717) is 6.07 Å². The van der Waals surface area contributed by atoms with Gasteiger partial charge >= 0.3 is 12.2 Å². The first-order chi connectivity index (χ1) is 11.8. The predicted octanol–water partition coefficient (Wildman–Crippen LogP) is 4.31. The van der Waals surface area contributed by atoms with Gasteiger partial charge in [0.15, 0.2) is 0 Å². The average Bonchev–Trinajstić information content (AvgIpc) is 3.02. The Kier molecular flexibility index (Phi) is 4.69. The van der Waals surface area contributed by atoms with E-state index in [0.717, 1.165) is 42.7 Å². The number of alkyl halides is 3. The van der Waals surface area contributed by atoms with E-state index >= 15 is 0 Å². The summed E-state index contributed by atoms with van der Waals surface area (Å²) in [7, 11) is 0. The van der Waals surface area contributed by atoms with Crippen LogP contribution in [0, 0.1) is 5.82 Å². The van der Waals surface area contributed by atoms with Crippen LogP contribution in [-0.2, 0) is 19.1 Å². The molecule has 1 heterocycles. The molecule has 1 aromatic carbocycles. The first-order valence-electron chi connectivity index (χ1n) is 7.81. The standard InChI is InChI=1S/C17H16F4N2O2/c18-11-5-4-10(13(8-11)17(19,20)21)9-22-16(24)23-14-2-1-3-15-12(14)6-7-25-15/h4-8,14H,1-3,9H2,(H2,22,23,24). The highest BCUT2D eigenvalue weighted by molar-refractivity contribution is 5.74. The Balaban J connectivity index is 1.64. The first-order valence-corrected chi connectivity index (χ1v) is 7.81. The lowest BCUT2D eigenvalue weighted by atomic mass is 9.93. The molecule has 1 aliphatic carbocycles. The highest BCUT2D eigenvalue weighted by atomic mass is 19.4. The molecule has 0 radical (unpaired) electrons. The maximum Gasteiger partial charge on any atom is 0.416 e.